The van der Waals surface area contributed by atoms with Crippen molar-refractivity contribution >= 4 is 5.97 Å². The van der Waals surface area contributed by atoms with E-state index >= 15 is 0 Å². The summed E-state index contributed by atoms with van der Waals surface area (Å²) in [6.07, 6.45) is 0.0834. The molecule has 1 heterocycles. The van der Waals surface area contributed by atoms with Crippen LogP contribution in [0.15, 0.2) is 34.9 Å². The molecule has 94 valence electrons. The molecule has 3 N–H and O–H groups in total. The van der Waals surface area contributed by atoms with Crippen LogP contribution in [-0.4, -0.2) is 22.3 Å². The highest BCUT2D eigenvalue weighted by Gasteiger charge is 2.15. The minimum atomic E-state index is -1.10. The number of hydrogen-bond donors (Lipinski definition) is 2. The molecule has 0 bridgehead atoms. The predicted molar refractivity (Wildman–Crippen MR) is 61.2 cm³/mol. The molecular weight excluding hydrogens is 239 g/mol. The molecule has 0 aliphatic rings. The van der Waals surface area contributed by atoms with Gasteiger partial charge in [0.1, 0.15) is 11.9 Å². The third-order valence-electron chi connectivity index (χ3n) is 2.43. The average molecular weight is 250 g/mol. The Morgan fingerprint density at radius 1 is 1.44 bits per heavy atom. The first-order valence-corrected chi connectivity index (χ1v) is 5.26. The fourth-order valence-electron chi connectivity index (χ4n) is 1.47. The first kappa shape index (κ1) is 12.3. The zero-order chi connectivity index (χ0) is 13.1. The summed E-state index contributed by atoms with van der Waals surface area (Å²) in [5, 5.41) is 12.4. The number of benzene rings is 1. The topological polar surface area (TPSA) is 89.4 Å². The maximum absolute atomic E-state index is 12.7. The van der Waals surface area contributed by atoms with Crippen LogP contribution in [0.3, 0.4) is 0 Å². The van der Waals surface area contributed by atoms with Crippen molar-refractivity contribution in [3.05, 3.63) is 41.8 Å². The molecule has 1 aromatic heterocycles. The molecule has 0 saturated carbocycles. The Balaban J connectivity index is 2.15. The second kappa shape index (κ2) is 4.97. The van der Waals surface area contributed by atoms with Gasteiger partial charge in [0.05, 0.1) is 5.69 Å². The second-order valence-electron chi connectivity index (χ2n) is 3.84. The van der Waals surface area contributed by atoms with E-state index in [1.807, 2.05) is 0 Å². The lowest BCUT2D eigenvalue weighted by Gasteiger charge is -2.00. The number of carboxylic acids is 1. The maximum Gasteiger partial charge on any atom is 0.320 e. The van der Waals surface area contributed by atoms with Crippen LogP contribution in [0.5, 0.6) is 0 Å². The molecule has 1 aromatic carbocycles. The Morgan fingerprint density at radius 3 is 2.72 bits per heavy atom. The lowest BCUT2D eigenvalue weighted by molar-refractivity contribution is -0.138. The van der Waals surface area contributed by atoms with Crippen molar-refractivity contribution in [2.75, 3.05) is 0 Å². The lowest BCUT2D eigenvalue weighted by Crippen LogP contribution is -2.32. The summed E-state index contributed by atoms with van der Waals surface area (Å²) >= 11 is 0. The number of aromatic nitrogens is 1. The Morgan fingerprint density at radius 2 is 2.11 bits per heavy atom. The Bertz CT molecular complexity index is 551. The third kappa shape index (κ3) is 2.72. The zero-order valence-corrected chi connectivity index (χ0v) is 9.34. The van der Waals surface area contributed by atoms with E-state index < -0.39 is 12.0 Å². The molecule has 0 amide bonds. The highest BCUT2D eigenvalue weighted by molar-refractivity contribution is 5.73. The van der Waals surface area contributed by atoms with Gasteiger partial charge in [0, 0.05) is 18.1 Å². The molecule has 1 atom stereocenters. The number of nitrogens with two attached hydrogens (primary N) is 1. The van der Waals surface area contributed by atoms with E-state index in [0.717, 1.165) is 0 Å². The first-order valence-electron chi connectivity index (χ1n) is 5.26. The van der Waals surface area contributed by atoms with Crippen LogP contribution in [0.4, 0.5) is 4.39 Å². The SMILES string of the molecule is NC(Cc1cc(-c2ccc(F)cc2)on1)C(=O)O. The van der Waals surface area contributed by atoms with Crippen molar-refractivity contribution in [1.29, 1.82) is 0 Å². The minimum Gasteiger partial charge on any atom is -0.480 e. The van der Waals surface area contributed by atoms with Crippen molar-refractivity contribution in [3.8, 4) is 11.3 Å². The molecular formula is C12H11FN2O3. The number of rotatable bonds is 4. The minimum absolute atomic E-state index is 0.0834. The fraction of sp³-hybridized carbons (Fsp3) is 0.167. The van der Waals surface area contributed by atoms with E-state index in [1.165, 1.54) is 12.1 Å². The predicted octanol–water partition coefficient (Wildman–Crippen LogP) is 1.44. The average Bonchev–Trinajstić information content (AvgIpc) is 2.78. The van der Waals surface area contributed by atoms with E-state index in [2.05, 4.69) is 5.16 Å². The van der Waals surface area contributed by atoms with E-state index in [4.69, 9.17) is 15.4 Å². The van der Waals surface area contributed by atoms with Crippen LogP contribution in [0, 0.1) is 5.82 Å². The third-order valence-corrected chi connectivity index (χ3v) is 2.43. The van der Waals surface area contributed by atoms with Gasteiger partial charge in [0.15, 0.2) is 5.76 Å². The molecule has 2 rings (SSSR count). The Hall–Kier alpha value is -2.21. The summed E-state index contributed by atoms with van der Waals surface area (Å²) in [6.45, 7) is 0. The van der Waals surface area contributed by atoms with Crippen LogP contribution >= 0.6 is 0 Å². The lowest BCUT2D eigenvalue weighted by atomic mass is 10.1. The molecule has 1 unspecified atom stereocenters. The van der Waals surface area contributed by atoms with Crippen molar-refractivity contribution < 1.29 is 18.8 Å². The Labute approximate surface area is 102 Å². The summed E-state index contributed by atoms with van der Waals surface area (Å²) in [5.74, 6) is -0.990. The Kier molecular flexibility index (Phi) is 3.38. The van der Waals surface area contributed by atoms with Crippen molar-refractivity contribution in [2.45, 2.75) is 12.5 Å². The molecule has 0 fully saturated rings. The maximum atomic E-state index is 12.7. The van der Waals surface area contributed by atoms with Crippen LogP contribution in [0.1, 0.15) is 5.69 Å². The van der Waals surface area contributed by atoms with Crippen molar-refractivity contribution in [3.63, 3.8) is 0 Å². The fourth-order valence-corrected chi connectivity index (χ4v) is 1.47. The quantitative estimate of drug-likeness (QED) is 0.856. The van der Waals surface area contributed by atoms with Crippen LogP contribution < -0.4 is 5.73 Å². The highest BCUT2D eigenvalue weighted by atomic mass is 19.1. The van der Waals surface area contributed by atoms with Gasteiger partial charge in [-0.1, -0.05) is 5.16 Å². The van der Waals surface area contributed by atoms with Gasteiger partial charge in [0.2, 0.25) is 0 Å². The zero-order valence-electron chi connectivity index (χ0n) is 9.34. The van der Waals surface area contributed by atoms with Gasteiger partial charge < -0.3 is 15.4 Å². The van der Waals surface area contributed by atoms with Gasteiger partial charge in [-0.15, -0.1) is 0 Å². The summed E-state index contributed by atoms with van der Waals surface area (Å²) in [7, 11) is 0. The van der Waals surface area contributed by atoms with Gasteiger partial charge in [-0.05, 0) is 24.3 Å². The van der Waals surface area contributed by atoms with Gasteiger partial charge >= 0.3 is 5.97 Å². The summed E-state index contributed by atoms with van der Waals surface area (Å²) in [5.41, 5.74) is 6.50. The number of nitrogens with zero attached hydrogens (tertiary/aromatic N) is 1. The van der Waals surface area contributed by atoms with E-state index in [0.29, 0.717) is 17.0 Å². The molecule has 0 aliphatic heterocycles. The van der Waals surface area contributed by atoms with Crippen LogP contribution in [-0.2, 0) is 11.2 Å². The van der Waals surface area contributed by atoms with Crippen molar-refractivity contribution in [2.24, 2.45) is 5.73 Å². The first-order chi connectivity index (χ1) is 8.56. The number of halogens is 1. The smallest absolute Gasteiger partial charge is 0.320 e. The van der Waals surface area contributed by atoms with Crippen LogP contribution in [0.2, 0.25) is 0 Å². The van der Waals surface area contributed by atoms with E-state index in [1.54, 1.807) is 18.2 Å². The molecule has 0 saturated heterocycles. The van der Waals surface area contributed by atoms with Gasteiger partial charge in [-0.2, -0.15) is 0 Å². The largest absolute Gasteiger partial charge is 0.480 e. The number of hydrogen-bond acceptors (Lipinski definition) is 4. The van der Waals surface area contributed by atoms with Crippen LogP contribution in [0.25, 0.3) is 11.3 Å². The van der Waals surface area contributed by atoms with Gasteiger partial charge in [-0.3, -0.25) is 4.79 Å². The molecule has 6 heteroatoms. The van der Waals surface area contributed by atoms with E-state index in [-0.39, 0.29) is 12.2 Å². The van der Waals surface area contributed by atoms with Crippen molar-refractivity contribution in [1.82, 2.24) is 5.16 Å². The summed E-state index contributed by atoms with van der Waals surface area (Å²) < 4.78 is 17.8. The molecule has 0 aliphatic carbocycles. The monoisotopic (exact) mass is 250 g/mol. The summed E-state index contributed by atoms with van der Waals surface area (Å²) in [6, 6.07) is 6.29. The molecule has 0 radical (unpaired) electrons. The standard InChI is InChI=1S/C12H11FN2O3/c13-8-3-1-7(2-4-8)11-6-9(15-18-11)5-10(14)12(16)17/h1-4,6,10H,5,14H2,(H,16,17). The molecule has 2 aromatic rings. The number of carbonyl (C=O) groups is 1. The molecule has 0 spiro atoms. The van der Waals surface area contributed by atoms with Gasteiger partial charge in [-0.25, -0.2) is 4.39 Å². The summed E-state index contributed by atoms with van der Waals surface area (Å²) in [4.78, 5) is 10.6. The highest BCUT2D eigenvalue weighted by Crippen LogP contribution is 2.20. The number of carboxylic acid groups (broad SMARTS) is 1. The number of aliphatic carboxylic acids is 1. The normalized spacial score (nSPS) is 12.3. The molecule has 5 nitrogen and oxygen atoms in total. The van der Waals surface area contributed by atoms with Gasteiger partial charge in [0.25, 0.3) is 0 Å². The molecule has 18 heavy (non-hydrogen) atoms. The van der Waals surface area contributed by atoms with E-state index in [9.17, 15) is 9.18 Å². The second-order valence-corrected chi connectivity index (χ2v) is 3.84.